The number of benzene rings is 2. The van der Waals surface area contributed by atoms with E-state index >= 15 is 0 Å². The van der Waals surface area contributed by atoms with Gasteiger partial charge in [0.2, 0.25) is 0 Å². The van der Waals surface area contributed by atoms with Crippen molar-refractivity contribution in [1.29, 1.82) is 0 Å². The van der Waals surface area contributed by atoms with Crippen LogP contribution < -0.4 is 5.32 Å². The van der Waals surface area contributed by atoms with Gasteiger partial charge in [-0.05, 0) is 49.2 Å². The number of rotatable bonds is 4. The van der Waals surface area contributed by atoms with Gasteiger partial charge in [-0.3, -0.25) is 0 Å². The van der Waals surface area contributed by atoms with Crippen molar-refractivity contribution in [2.24, 2.45) is 0 Å². The molecule has 1 N–H and O–H groups in total. The lowest BCUT2D eigenvalue weighted by Gasteiger charge is -2.22. The molecule has 2 rings (SSSR count). The first-order valence-corrected chi connectivity index (χ1v) is 7.16. The summed E-state index contributed by atoms with van der Waals surface area (Å²) in [5, 5.41) is 3.89. The van der Waals surface area contributed by atoms with Gasteiger partial charge < -0.3 is 5.32 Å². The maximum atomic E-state index is 13.2. The lowest BCUT2D eigenvalue weighted by molar-refractivity contribution is 0.612. The van der Waals surface area contributed by atoms with Crippen LogP contribution in [0.4, 0.5) is 4.39 Å². The summed E-state index contributed by atoms with van der Waals surface area (Å²) in [4.78, 5) is 0. The van der Waals surface area contributed by atoms with Gasteiger partial charge in [0.15, 0.2) is 0 Å². The number of aryl methyl sites for hydroxylation is 2. The lowest BCUT2D eigenvalue weighted by Crippen LogP contribution is -2.23. The van der Waals surface area contributed by atoms with Gasteiger partial charge in [-0.25, -0.2) is 4.39 Å². The third-order valence-corrected chi connectivity index (χ3v) is 3.75. The summed E-state index contributed by atoms with van der Waals surface area (Å²) in [6.07, 6.45) is 0. The molecule has 0 aliphatic rings. The molecule has 1 nitrogen and oxygen atoms in total. The fraction of sp³-hybridized carbons (Fsp3) is 0.294. The summed E-state index contributed by atoms with van der Waals surface area (Å²) in [6.45, 7) is 7.01. The molecule has 3 heteroatoms. The summed E-state index contributed by atoms with van der Waals surface area (Å²) in [5.74, 6) is -0.310. The summed E-state index contributed by atoms with van der Waals surface area (Å²) >= 11 is 6.22. The Kier molecular flexibility index (Phi) is 4.79. The van der Waals surface area contributed by atoms with Crippen LogP contribution in [0.25, 0.3) is 0 Å². The molecule has 1 unspecified atom stereocenters. The molecular formula is C17H19ClFN. The monoisotopic (exact) mass is 291 g/mol. The molecule has 0 saturated heterocycles. The van der Waals surface area contributed by atoms with Crippen molar-refractivity contribution in [3.63, 3.8) is 0 Å². The third-order valence-electron chi connectivity index (χ3n) is 3.43. The van der Waals surface area contributed by atoms with Crippen LogP contribution in [-0.4, -0.2) is 6.54 Å². The van der Waals surface area contributed by atoms with Gasteiger partial charge in [0.05, 0.1) is 6.04 Å². The third kappa shape index (κ3) is 3.20. The molecule has 0 aliphatic carbocycles. The molecule has 0 radical (unpaired) electrons. The van der Waals surface area contributed by atoms with Crippen LogP contribution in [0, 0.1) is 19.7 Å². The van der Waals surface area contributed by atoms with E-state index in [1.165, 1.54) is 28.8 Å². The SMILES string of the molecule is CCNC(c1cc(C)ccc1C)c1ccc(F)cc1Cl. The van der Waals surface area contributed by atoms with Crippen molar-refractivity contribution in [3.8, 4) is 0 Å². The van der Waals surface area contributed by atoms with Crippen LogP contribution >= 0.6 is 11.6 Å². The number of halogens is 2. The maximum Gasteiger partial charge on any atom is 0.124 e. The van der Waals surface area contributed by atoms with E-state index in [0.29, 0.717) is 5.02 Å². The second-order valence-corrected chi connectivity index (χ2v) is 5.42. The van der Waals surface area contributed by atoms with E-state index in [2.05, 4.69) is 44.3 Å². The van der Waals surface area contributed by atoms with Crippen molar-refractivity contribution >= 4 is 11.6 Å². The van der Waals surface area contributed by atoms with E-state index in [1.807, 2.05) is 0 Å². The van der Waals surface area contributed by atoms with E-state index in [-0.39, 0.29) is 11.9 Å². The number of nitrogens with one attached hydrogen (secondary N) is 1. The fourth-order valence-electron chi connectivity index (χ4n) is 2.40. The Balaban J connectivity index is 2.53. The van der Waals surface area contributed by atoms with Crippen LogP contribution in [-0.2, 0) is 0 Å². The Hall–Kier alpha value is -1.38. The molecule has 0 amide bonds. The molecule has 2 aromatic rings. The molecular weight excluding hydrogens is 273 g/mol. The minimum atomic E-state index is -0.310. The van der Waals surface area contributed by atoms with Crippen LogP contribution in [0.3, 0.4) is 0 Å². The first kappa shape index (κ1) is 15.0. The Morgan fingerprint density at radius 1 is 1.10 bits per heavy atom. The van der Waals surface area contributed by atoms with Crippen LogP contribution in [0.1, 0.15) is 35.2 Å². The van der Waals surface area contributed by atoms with Gasteiger partial charge in [-0.2, -0.15) is 0 Å². The standard InChI is InChI=1S/C17H19ClFN/c1-4-20-17(14-8-7-13(19)10-16(14)18)15-9-11(2)5-6-12(15)3/h5-10,17,20H,4H2,1-3H3. The van der Waals surface area contributed by atoms with E-state index in [9.17, 15) is 4.39 Å². The summed E-state index contributed by atoms with van der Waals surface area (Å²) < 4.78 is 13.2. The maximum absolute atomic E-state index is 13.2. The lowest BCUT2D eigenvalue weighted by atomic mass is 9.93. The predicted molar refractivity (Wildman–Crippen MR) is 82.8 cm³/mol. The highest BCUT2D eigenvalue weighted by molar-refractivity contribution is 6.31. The molecule has 0 fully saturated rings. The highest BCUT2D eigenvalue weighted by Gasteiger charge is 2.18. The Labute approximate surface area is 124 Å². The van der Waals surface area contributed by atoms with Gasteiger partial charge in [0, 0.05) is 5.02 Å². The van der Waals surface area contributed by atoms with Crippen LogP contribution in [0.15, 0.2) is 36.4 Å². The zero-order valence-corrected chi connectivity index (χ0v) is 12.8. The normalized spacial score (nSPS) is 12.4. The van der Waals surface area contributed by atoms with E-state index in [4.69, 9.17) is 11.6 Å². The van der Waals surface area contributed by atoms with Crippen molar-refractivity contribution in [2.75, 3.05) is 6.54 Å². The minimum Gasteiger partial charge on any atom is -0.306 e. The molecule has 0 heterocycles. The molecule has 2 aromatic carbocycles. The van der Waals surface area contributed by atoms with Crippen molar-refractivity contribution < 1.29 is 4.39 Å². The van der Waals surface area contributed by atoms with Crippen molar-refractivity contribution in [3.05, 3.63) is 69.5 Å². The van der Waals surface area contributed by atoms with Crippen molar-refractivity contribution in [2.45, 2.75) is 26.8 Å². The zero-order valence-electron chi connectivity index (χ0n) is 12.0. The quantitative estimate of drug-likeness (QED) is 0.853. The summed E-state index contributed by atoms with van der Waals surface area (Å²) in [5.41, 5.74) is 4.48. The second-order valence-electron chi connectivity index (χ2n) is 5.02. The second kappa shape index (κ2) is 6.38. The van der Waals surface area contributed by atoms with Gasteiger partial charge in [0.25, 0.3) is 0 Å². The largest absolute Gasteiger partial charge is 0.306 e. The molecule has 0 aromatic heterocycles. The first-order valence-electron chi connectivity index (χ1n) is 6.78. The van der Waals surface area contributed by atoms with Gasteiger partial charge >= 0.3 is 0 Å². The number of hydrogen-bond donors (Lipinski definition) is 1. The molecule has 0 saturated carbocycles. The van der Waals surface area contributed by atoms with Crippen molar-refractivity contribution in [1.82, 2.24) is 5.32 Å². The minimum absolute atomic E-state index is 0.0204. The van der Waals surface area contributed by atoms with E-state index < -0.39 is 0 Å². The Morgan fingerprint density at radius 3 is 2.50 bits per heavy atom. The van der Waals surface area contributed by atoms with Gasteiger partial charge in [-0.15, -0.1) is 0 Å². The average Bonchev–Trinajstić information content (AvgIpc) is 2.40. The molecule has 0 spiro atoms. The Morgan fingerprint density at radius 2 is 1.85 bits per heavy atom. The fourth-order valence-corrected chi connectivity index (χ4v) is 2.67. The molecule has 20 heavy (non-hydrogen) atoms. The molecule has 106 valence electrons. The Bertz CT molecular complexity index is 610. The van der Waals surface area contributed by atoms with Crippen LogP contribution in [0.5, 0.6) is 0 Å². The zero-order chi connectivity index (χ0) is 14.7. The summed E-state index contributed by atoms with van der Waals surface area (Å²) in [7, 11) is 0. The smallest absolute Gasteiger partial charge is 0.124 e. The van der Waals surface area contributed by atoms with Crippen LogP contribution in [0.2, 0.25) is 5.02 Å². The molecule has 0 aliphatic heterocycles. The van der Waals surface area contributed by atoms with E-state index in [0.717, 1.165) is 12.1 Å². The highest BCUT2D eigenvalue weighted by Crippen LogP contribution is 2.31. The molecule has 0 bridgehead atoms. The highest BCUT2D eigenvalue weighted by atomic mass is 35.5. The topological polar surface area (TPSA) is 12.0 Å². The number of hydrogen-bond acceptors (Lipinski definition) is 1. The first-order chi connectivity index (χ1) is 9.52. The van der Waals surface area contributed by atoms with E-state index in [1.54, 1.807) is 6.07 Å². The average molecular weight is 292 g/mol. The summed E-state index contributed by atoms with van der Waals surface area (Å²) in [6, 6.07) is 10.9. The predicted octanol–water partition coefficient (Wildman–Crippen LogP) is 4.79. The van der Waals surface area contributed by atoms with Gasteiger partial charge in [-0.1, -0.05) is 48.4 Å². The van der Waals surface area contributed by atoms with Gasteiger partial charge in [0.1, 0.15) is 5.82 Å². The molecule has 1 atom stereocenters.